The second kappa shape index (κ2) is 3.90. The Hall–Kier alpha value is -1.95. The SMILES string of the molecule is O=C(O)c1cn(-c2ccc(Cl)cc2F)nn1. The number of carboxylic acids is 1. The number of nitrogens with zero attached hydrogens (tertiary/aromatic N) is 3. The van der Waals surface area contributed by atoms with Gasteiger partial charge < -0.3 is 5.11 Å². The lowest BCUT2D eigenvalue weighted by Crippen LogP contribution is -1.98. The van der Waals surface area contributed by atoms with Gasteiger partial charge in [0.05, 0.1) is 6.20 Å². The highest BCUT2D eigenvalue weighted by Gasteiger charge is 2.11. The smallest absolute Gasteiger partial charge is 0.358 e. The van der Waals surface area contributed by atoms with Crippen LogP contribution in [0, 0.1) is 5.82 Å². The lowest BCUT2D eigenvalue weighted by molar-refractivity contribution is 0.0690. The van der Waals surface area contributed by atoms with Crippen molar-refractivity contribution < 1.29 is 14.3 Å². The summed E-state index contributed by atoms with van der Waals surface area (Å²) in [6.45, 7) is 0. The molecule has 2 aromatic rings. The third-order valence-electron chi connectivity index (χ3n) is 1.87. The van der Waals surface area contributed by atoms with Gasteiger partial charge in [-0.3, -0.25) is 0 Å². The van der Waals surface area contributed by atoms with Crippen LogP contribution in [0.4, 0.5) is 4.39 Å². The predicted octanol–water partition coefficient (Wildman–Crippen LogP) is 1.76. The molecule has 1 aromatic carbocycles. The van der Waals surface area contributed by atoms with Crippen LogP contribution in [0.2, 0.25) is 5.02 Å². The normalized spacial score (nSPS) is 10.4. The van der Waals surface area contributed by atoms with Crippen LogP contribution in [0.15, 0.2) is 24.4 Å². The van der Waals surface area contributed by atoms with Gasteiger partial charge in [-0.05, 0) is 18.2 Å². The fraction of sp³-hybridized carbons (Fsp3) is 0. The van der Waals surface area contributed by atoms with Crippen LogP contribution in [0.3, 0.4) is 0 Å². The first-order valence-electron chi connectivity index (χ1n) is 4.19. The van der Waals surface area contributed by atoms with E-state index in [1.165, 1.54) is 12.1 Å². The van der Waals surface area contributed by atoms with Gasteiger partial charge in [-0.15, -0.1) is 5.10 Å². The number of benzene rings is 1. The molecule has 0 radical (unpaired) electrons. The van der Waals surface area contributed by atoms with Gasteiger partial charge >= 0.3 is 5.97 Å². The number of hydrogen-bond acceptors (Lipinski definition) is 3. The highest BCUT2D eigenvalue weighted by molar-refractivity contribution is 6.30. The van der Waals surface area contributed by atoms with E-state index in [4.69, 9.17) is 16.7 Å². The van der Waals surface area contributed by atoms with Crippen LogP contribution in [0.1, 0.15) is 10.5 Å². The first-order chi connectivity index (χ1) is 7.58. The summed E-state index contributed by atoms with van der Waals surface area (Å²) in [6.07, 6.45) is 1.12. The highest BCUT2D eigenvalue weighted by atomic mass is 35.5. The molecule has 1 N–H and O–H groups in total. The molecular formula is C9H5ClFN3O2. The van der Waals surface area contributed by atoms with E-state index >= 15 is 0 Å². The molecule has 2 rings (SSSR count). The Balaban J connectivity index is 2.46. The zero-order chi connectivity index (χ0) is 11.7. The van der Waals surface area contributed by atoms with Crippen molar-refractivity contribution in [3.63, 3.8) is 0 Å². The summed E-state index contributed by atoms with van der Waals surface area (Å²) in [6, 6.07) is 3.97. The summed E-state index contributed by atoms with van der Waals surface area (Å²) in [5.74, 6) is -1.82. The third kappa shape index (κ3) is 1.87. The minimum absolute atomic E-state index is 0.0874. The molecule has 0 amide bonds. The molecule has 0 bridgehead atoms. The van der Waals surface area contributed by atoms with Gasteiger partial charge in [0.1, 0.15) is 11.5 Å². The van der Waals surface area contributed by atoms with Crippen molar-refractivity contribution in [2.75, 3.05) is 0 Å². The maximum atomic E-state index is 13.4. The van der Waals surface area contributed by atoms with E-state index in [1.54, 1.807) is 0 Å². The van der Waals surface area contributed by atoms with Crippen molar-refractivity contribution >= 4 is 17.6 Å². The van der Waals surface area contributed by atoms with Crippen LogP contribution < -0.4 is 0 Å². The number of aromatic carboxylic acids is 1. The Bertz CT molecular complexity index is 555. The van der Waals surface area contributed by atoms with Gasteiger partial charge in [-0.2, -0.15) is 0 Å². The van der Waals surface area contributed by atoms with Gasteiger partial charge in [0.15, 0.2) is 5.69 Å². The molecule has 0 unspecified atom stereocenters. The Morgan fingerprint density at radius 2 is 2.25 bits per heavy atom. The lowest BCUT2D eigenvalue weighted by Gasteiger charge is -2.01. The first kappa shape index (κ1) is 10.6. The van der Waals surface area contributed by atoms with Crippen LogP contribution in [-0.2, 0) is 0 Å². The van der Waals surface area contributed by atoms with E-state index in [-0.39, 0.29) is 16.4 Å². The summed E-state index contributed by atoms with van der Waals surface area (Å²) >= 11 is 5.58. The second-order valence-corrected chi connectivity index (χ2v) is 3.39. The molecule has 0 spiro atoms. The van der Waals surface area contributed by atoms with Crippen molar-refractivity contribution in [1.29, 1.82) is 0 Å². The van der Waals surface area contributed by atoms with Gasteiger partial charge in [0.2, 0.25) is 0 Å². The molecule has 0 fully saturated rings. The number of rotatable bonds is 2. The minimum Gasteiger partial charge on any atom is -0.476 e. The van der Waals surface area contributed by atoms with Crippen molar-refractivity contribution in [1.82, 2.24) is 15.0 Å². The molecule has 0 aliphatic carbocycles. The monoisotopic (exact) mass is 241 g/mol. The van der Waals surface area contributed by atoms with Crippen molar-refractivity contribution in [2.45, 2.75) is 0 Å². The molecule has 82 valence electrons. The van der Waals surface area contributed by atoms with Gasteiger partial charge in [-0.1, -0.05) is 16.8 Å². The van der Waals surface area contributed by atoms with E-state index in [0.29, 0.717) is 0 Å². The van der Waals surface area contributed by atoms with Crippen LogP contribution in [0.5, 0.6) is 0 Å². The molecule has 7 heteroatoms. The van der Waals surface area contributed by atoms with Gasteiger partial charge in [0.25, 0.3) is 0 Å². The van der Waals surface area contributed by atoms with Crippen LogP contribution >= 0.6 is 11.6 Å². The minimum atomic E-state index is -1.22. The standard InChI is InChI=1S/C9H5ClFN3O2/c10-5-1-2-8(6(11)3-5)14-4-7(9(15)16)12-13-14/h1-4H,(H,15,16). The van der Waals surface area contributed by atoms with E-state index in [9.17, 15) is 9.18 Å². The summed E-state index contributed by atoms with van der Waals surface area (Å²) in [4.78, 5) is 10.6. The quantitative estimate of drug-likeness (QED) is 0.870. The van der Waals surface area contributed by atoms with E-state index in [2.05, 4.69) is 10.3 Å². The topological polar surface area (TPSA) is 68.0 Å². The first-order valence-corrected chi connectivity index (χ1v) is 4.57. The molecule has 0 aliphatic rings. The summed E-state index contributed by atoms with van der Waals surface area (Å²) in [5, 5.41) is 15.7. The molecule has 1 aromatic heterocycles. The second-order valence-electron chi connectivity index (χ2n) is 2.95. The summed E-state index contributed by atoms with van der Waals surface area (Å²) in [7, 11) is 0. The Labute approximate surface area is 94.1 Å². The van der Waals surface area contributed by atoms with Gasteiger partial charge in [-0.25, -0.2) is 13.9 Å². The number of carbonyl (C=O) groups is 1. The van der Waals surface area contributed by atoms with Crippen molar-refractivity contribution in [3.05, 3.63) is 40.9 Å². The molecule has 0 saturated heterocycles. The highest BCUT2D eigenvalue weighted by Crippen LogP contribution is 2.17. The molecule has 16 heavy (non-hydrogen) atoms. The average Bonchev–Trinajstić information content (AvgIpc) is 2.66. The molecule has 0 atom stereocenters. The summed E-state index contributed by atoms with van der Waals surface area (Å²) in [5.41, 5.74) is -0.168. The number of hydrogen-bond donors (Lipinski definition) is 1. The van der Waals surface area contributed by atoms with Crippen molar-refractivity contribution in [3.8, 4) is 5.69 Å². The zero-order valence-electron chi connectivity index (χ0n) is 7.76. The maximum absolute atomic E-state index is 13.4. The average molecular weight is 242 g/mol. The number of carboxylic acid groups (broad SMARTS) is 1. The van der Waals surface area contributed by atoms with E-state index < -0.39 is 11.8 Å². The summed E-state index contributed by atoms with van der Waals surface area (Å²) < 4.78 is 14.5. The van der Waals surface area contributed by atoms with E-state index in [1.807, 2.05) is 0 Å². The fourth-order valence-electron chi connectivity index (χ4n) is 1.15. The van der Waals surface area contributed by atoms with Crippen LogP contribution in [-0.4, -0.2) is 26.1 Å². The predicted molar refractivity (Wildman–Crippen MR) is 53.3 cm³/mol. The van der Waals surface area contributed by atoms with E-state index in [0.717, 1.165) is 16.9 Å². The molecular weight excluding hydrogens is 237 g/mol. The molecule has 5 nitrogen and oxygen atoms in total. The van der Waals surface area contributed by atoms with Crippen molar-refractivity contribution in [2.24, 2.45) is 0 Å². The maximum Gasteiger partial charge on any atom is 0.358 e. The molecule has 0 saturated carbocycles. The molecule has 1 heterocycles. The van der Waals surface area contributed by atoms with Crippen LogP contribution in [0.25, 0.3) is 5.69 Å². The number of halogens is 2. The largest absolute Gasteiger partial charge is 0.476 e. The number of aromatic nitrogens is 3. The zero-order valence-corrected chi connectivity index (χ0v) is 8.52. The Morgan fingerprint density at radius 1 is 1.50 bits per heavy atom. The molecule has 0 aliphatic heterocycles. The third-order valence-corrected chi connectivity index (χ3v) is 2.10. The van der Waals surface area contributed by atoms with Gasteiger partial charge in [0, 0.05) is 5.02 Å². The lowest BCUT2D eigenvalue weighted by atomic mass is 10.3. The Kier molecular flexibility index (Phi) is 2.57. The fourth-order valence-corrected chi connectivity index (χ4v) is 1.31. The Morgan fingerprint density at radius 3 is 2.81 bits per heavy atom.